The van der Waals surface area contributed by atoms with Crippen molar-refractivity contribution in [3.63, 3.8) is 0 Å². The molecule has 112 valence electrons. The maximum atomic E-state index is 12.1. The lowest BCUT2D eigenvalue weighted by Gasteiger charge is -2.19. The van der Waals surface area contributed by atoms with Crippen molar-refractivity contribution in [2.24, 2.45) is 0 Å². The van der Waals surface area contributed by atoms with E-state index in [1.807, 2.05) is 6.92 Å². The predicted molar refractivity (Wildman–Crippen MR) is 78.2 cm³/mol. The van der Waals surface area contributed by atoms with Crippen molar-refractivity contribution >= 4 is 21.9 Å². The van der Waals surface area contributed by atoms with Gasteiger partial charge in [0.15, 0.2) is 0 Å². The van der Waals surface area contributed by atoms with Crippen LogP contribution in [0.3, 0.4) is 0 Å². The summed E-state index contributed by atoms with van der Waals surface area (Å²) in [5.74, 6) is -1.04. The van der Waals surface area contributed by atoms with E-state index in [1.54, 1.807) is 6.92 Å². The van der Waals surface area contributed by atoms with Crippen molar-refractivity contribution in [3.8, 4) is 0 Å². The number of carboxylic acid groups (broad SMARTS) is 1. The van der Waals surface area contributed by atoms with Crippen LogP contribution >= 0.6 is 0 Å². The molecule has 2 N–H and O–H groups in total. The first-order valence-corrected chi connectivity index (χ1v) is 7.80. The van der Waals surface area contributed by atoms with Gasteiger partial charge in [-0.2, -0.15) is 12.7 Å². The Kier molecular flexibility index (Phi) is 5.52. The van der Waals surface area contributed by atoms with Gasteiger partial charge in [-0.25, -0.2) is 4.79 Å². The Labute approximate surface area is 119 Å². The second kappa shape index (κ2) is 6.71. The van der Waals surface area contributed by atoms with Crippen LogP contribution in [0.5, 0.6) is 0 Å². The second-order valence-electron chi connectivity index (χ2n) is 4.62. The molecule has 20 heavy (non-hydrogen) atoms. The monoisotopic (exact) mass is 300 g/mol. The number of aromatic carboxylic acids is 1. The van der Waals surface area contributed by atoms with E-state index < -0.39 is 16.2 Å². The topological polar surface area (TPSA) is 86.7 Å². The quantitative estimate of drug-likeness (QED) is 0.807. The van der Waals surface area contributed by atoms with E-state index in [2.05, 4.69) is 4.72 Å². The number of hydrogen-bond donors (Lipinski definition) is 2. The Bertz CT molecular complexity index is 584. The Morgan fingerprint density at radius 1 is 1.40 bits per heavy atom. The molecule has 0 unspecified atom stereocenters. The van der Waals surface area contributed by atoms with Gasteiger partial charge in [0.05, 0.1) is 11.3 Å². The molecule has 0 fully saturated rings. The van der Waals surface area contributed by atoms with Gasteiger partial charge in [-0.1, -0.05) is 13.3 Å². The van der Waals surface area contributed by atoms with Crippen LogP contribution in [0.4, 0.5) is 5.69 Å². The van der Waals surface area contributed by atoms with E-state index in [4.69, 9.17) is 5.11 Å². The van der Waals surface area contributed by atoms with E-state index in [9.17, 15) is 13.2 Å². The van der Waals surface area contributed by atoms with Crippen molar-refractivity contribution in [1.29, 1.82) is 0 Å². The summed E-state index contributed by atoms with van der Waals surface area (Å²) in [4.78, 5) is 10.8. The molecule has 0 bridgehead atoms. The molecule has 7 heteroatoms. The van der Waals surface area contributed by atoms with Crippen LogP contribution in [0.25, 0.3) is 0 Å². The number of nitrogens with one attached hydrogen (secondary N) is 1. The van der Waals surface area contributed by atoms with E-state index in [0.717, 1.165) is 12.8 Å². The Hall–Kier alpha value is -1.60. The van der Waals surface area contributed by atoms with E-state index in [0.29, 0.717) is 17.8 Å². The average molecular weight is 300 g/mol. The molecule has 0 aliphatic rings. The van der Waals surface area contributed by atoms with Crippen molar-refractivity contribution in [2.75, 3.05) is 18.3 Å². The summed E-state index contributed by atoms with van der Waals surface area (Å²) in [6.07, 6.45) is 1.69. The number of hydrogen-bond acceptors (Lipinski definition) is 3. The van der Waals surface area contributed by atoms with E-state index in [-0.39, 0.29) is 5.56 Å². The Morgan fingerprint density at radius 2 is 2.05 bits per heavy atom. The first-order valence-electron chi connectivity index (χ1n) is 6.36. The summed E-state index contributed by atoms with van der Waals surface area (Å²) >= 11 is 0. The Morgan fingerprint density at radius 3 is 2.55 bits per heavy atom. The number of benzene rings is 1. The van der Waals surface area contributed by atoms with Crippen LogP contribution < -0.4 is 4.72 Å². The van der Waals surface area contributed by atoms with Crippen molar-refractivity contribution in [1.82, 2.24) is 4.31 Å². The highest BCUT2D eigenvalue weighted by molar-refractivity contribution is 7.90. The molecule has 0 aromatic heterocycles. The van der Waals surface area contributed by atoms with Crippen molar-refractivity contribution < 1.29 is 18.3 Å². The smallest absolute Gasteiger partial charge is 0.335 e. The fraction of sp³-hybridized carbons (Fsp3) is 0.462. The zero-order chi connectivity index (χ0) is 15.3. The third-order valence-electron chi connectivity index (χ3n) is 2.95. The minimum absolute atomic E-state index is 0.129. The first-order chi connectivity index (χ1) is 9.27. The molecule has 0 radical (unpaired) electrons. The van der Waals surface area contributed by atoms with Crippen LogP contribution in [0.15, 0.2) is 18.2 Å². The van der Waals surface area contributed by atoms with Crippen LogP contribution in [0, 0.1) is 6.92 Å². The van der Waals surface area contributed by atoms with Crippen LogP contribution in [0.2, 0.25) is 0 Å². The lowest BCUT2D eigenvalue weighted by atomic mass is 10.1. The van der Waals surface area contributed by atoms with Crippen LogP contribution in [0.1, 0.15) is 35.7 Å². The van der Waals surface area contributed by atoms with Gasteiger partial charge >= 0.3 is 16.2 Å². The molecular formula is C13H20N2O4S. The summed E-state index contributed by atoms with van der Waals surface area (Å²) in [6.45, 7) is 4.09. The van der Waals surface area contributed by atoms with Gasteiger partial charge in [0, 0.05) is 13.6 Å². The minimum atomic E-state index is -3.61. The molecule has 0 aliphatic heterocycles. The first kappa shape index (κ1) is 16.5. The SMILES string of the molecule is CCCCN(C)S(=O)(=O)Nc1ccc(C(=O)O)cc1C. The molecule has 0 amide bonds. The van der Waals surface area contributed by atoms with E-state index >= 15 is 0 Å². The van der Waals surface area contributed by atoms with Crippen molar-refractivity contribution in [2.45, 2.75) is 26.7 Å². The van der Waals surface area contributed by atoms with Gasteiger partial charge in [0.1, 0.15) is 0 Å². The molecule has 0 atom stereocenters. The number of nitrogens with zero attached hydrogens (tertiary/aromatic N) is 1. The number of unbranched alkanes of at least 4 members (excludes halogenated alkanes) is 1. The molecule has 1 aromatic rings. The van der Waals surface area contributed by atoms with Gasteiger partial charge in [-0.3, -0.25) is 4.72 Å². The predicted octanol–water partition coefficient (Wildman–Crippen LogP) is 2.08. The molecule has 1 aromatic carbocycles. The Balaban J connectivity index is 2.90. The number of carbonyl (C=O) groups is 1. The van der Waals surface area contributed by atoms with Gasteiger partial charge in [-0.05, 0) is 37.1 Å². The fourth-order valence-electron chi connectivity index (χ4n) is 1.63. The van der Waals surface area contributed by atoms with Gasteiger partial charge in [0.2, 0.25) is 0 Å². The molecular weight excluding hydrogens is 280 g/mol. The van der Waals surface area contributed by atoms with Crippen LogP contribution in [-0.2, 0) is 10.2 Å². The standard InChI is InChI=1S/C13H20N2O4S/c1-4-5-8-15(3)20(18,19)14-12-7-6-11(13(16)17)9-10(12)2/h6-7,9,14H,4-5,8H2,1-3H3,(H,16,17). The maximum Gasteiger partial charge on any atom is 0.335 e. The summed E-state index contributed by atoms with van der Waals surface area (Å²) in [6, 6.07) is 4.27. The highest BCUT2D eigenvalue weighted by Gasteiger charge is 2.18. The number of anilines is 1. The van der Waals surface area contributed by atoms with E-state index in [1.165, 1.54) is 29.6 Å². The average Bonchev–Trinajstić information content (AvgIpc) is 2.37. The maximum absolute atomic E-state index is 12.1. The zero-order valence-electron chi connectivity index (χ0n) is 11.9. The second-order valence-corrected chi connectivity index (χ2v) is 6.39. The third-order valence-corrected chi connectivity index (χ3v) is 4.43. The highest BCUT2D eigenvalue weighted by atomic mass is 32.2. The molecule has 0 heterocycles. The number of aryl methyl sites for hydroxylation is 1. The fourth-order valence-corrected chi connectivity index (χ4v) is 2.66. The summed E-state index contributed by atoms with van der Waals surface area (Å²) < 4.78 is 27.9. The summed E-state index contributed by atoms with van der Waals surface area (Å²) in [7, 11) is -2.09. The molecule has 6 nitrogen and oxygen atoms in total. The zero-order valence-corrected chi connectivity index (χ0v) is 12.7. The molecule has 0 aliphatic carbocycles. The van der Waals surface area contributed by atoms with Crippen molar-refractivity contribution in [3.05, 3.63) is 29.3 Å². The number of rotatable bonds is 7. The highest BCUT2D eigenvalue weighted by Crippen LogP contribution is 2.19. The van der Waals surface area contributed by atoms with Crippen LogP contribution in [-0.4, -0.2) is 37.4 Å². The minimum Gasteiger partial charge on any atom is -0.478 e. The number of carboxylic acids is 1. The third kappa shape index (κ3) is 4.21. The molecule has 0 saturated carbocycles. The molecule has 1 rings (SSSR count). The summed E-state index contributed by atoms with van der Waals surface area (Å²) in [5, 5.41) is 8.87. The van der Waals surface area contributed by atoms with Gasteiger partial charge in [0.25, 0.3) is 0 Å². The molecule has 0 saturated heterocycles. The summed E-state index contributed by atoms with van der Waals surface area (Å²) in [5.41, 5.74) is 1.08. The lowest BCUT2D eigenvalue weighted by molar-refractivity contribution is 0.0697. The van der Waals surface area contributed by atoms with Gasteiger partial charge in [-0.15, -0.1) is 0 Å². The molecule has 0 spiro atoms. The lowest BCUT2D eigenvalue weighted by Crippen LogP contribution is -2.33. The normalized spacial score (nSPS) is 11.6. The largest absolute Gasteiger partial charge is 0.478 e. The van der Waals surface area contributed by atoms with Gasteiger partial charge < -0.3 is 5.11 Å².